The lowest BCUT2D eigenvalue weighted by Gasteiger charge is -2.38. The van der Waals surface area contributed by atoms with Crippen LogP contribution >= 0.6 is 0 Å². The van der Waals surface area contributed by atoms with Crippen LogP contribution in [0.15, 0.2) is 24.3 Å². The molecule has 1 aromatic rings. The van der Waals surface area contributed by atoms with E-state index in [4.69, 9.17) is 4.74 Å². The maximum atomic E-state index is 12.2. The van der Waals surface area contributed by atoms with Crippen LogP contribution in [0.2, 0.25) is 0 Å². The van der Waals surface area contributed by atoms with Gasteiger partial charge >= 0.3 is 0 Å². The second kappa shape index (κ2) is 5.23. The topological polar surface area (TPSA) is 26.3 Å². The summed E-state index contributed by atoms with van der Waals surface area (Å²) in [5.41, 5.74) is 1.93. The predicted octanol–water partition coefficient (Wildman–Crippen LogP) is 3.49. The first-order chi connectivity index (χ1) is 8.57. The van der Waals surface area contributed by atoms with Crippen LogP contribution in [0.25, 0.3) is 0 Å². The second-order valence-corrected chi connectivity index (χ2v) is 5.55. The number of Topliss-reactive ketones (excluding diaryl/α,β-unsaturated/α-hetero) is 1. The van der Waals surface area contributed by atoms with Gasteiger partial charge in [-0.1, -0.05) is 38.1 Å². The Bertz CT molecular complexity index is 408. The molecule has 2 heteroatoms. The summed E-state index contributed by atoms with van der Waals surface area (Å²) in [6.07, 6.45) is 3.36. The van der Waals surface area contributed by atoms with Crippen molar-refractivity contribution < 1.29 is 9.53 Å². The van der Waals surface area contributed by atoms with Gasteiger partial charge in [0.1, 0.15) is 5.60 Å². The standard InChI is InChI=1S/C16H22O2/c1-12(2)14-7-5-13(6-8-14)11-15(17)16(18-3)9-4-10-16/h5-8,12H,4,9-11H2,1-3H3. The minimum atomic E-state index is -0.475. The Balaban J connectivity index is 2.03. The number of benzene rings is 1. The SMILES string of the molecule is COC1(C(=O)Cc2ccc(C(C)C)cc2)CCC1. The molecule has 1 aliphatic carbocycles. The van der Waals surface area contributed by atoms with Gasteiger partial charge in [-0.3, -0.25) is 4.79 Å². The lowest BCUT2D eigenvalue weighted by molar-refractivity contribution is -0.151. The summed E-state index contributed by atoms with van der Waals surface area (Å²) in [5.74, 6) is 0.764. The molecule has 0 spiro atoms. The first kappa shape index (κ1) is 13.3. The van der Waals surface area contributed by atoms with Gasteiger partial charge in [-0.15, -0.1) is 0 Å². The number of carbonyl (C=O) groups is 1. The molecule has 0 aliphatic heterocycles. The van der Waals surface area contributed by atoms with Gasteiger partial charge in [0.2, 0.25) is 0 Å². The molecule has 98 valence electrons. The molecule has 1 aromatic carbocycles. The highest BCUT2D eigenvalue weighted by Gasteiger charge is 2.43. The number of rotatable bonds is 5. The Hall–Kier alpha value is -1.15. The van der Waals surface area contributed by atoms with Gasteiger partial charge in [-0.25, -0.2) is 0 Å². The Labute approximate surface area is 109 Å². The zero-order valence-electron chi connectivity index (χ0n) is 11.5. The molecule has 0 aromatic heterocycles. The maximum absolute atomic E-state index is 12.2. The quantitative estimate of drug-likeness (QED) is 0.795. The molecule has 0 N–H and O–H groups in total. The molecule has 0 heterocycles. The van der Waals surface area contributed by atoms with E-state index in [0.717, 1.165) is 24.8 Å². The van der Waals surface area contributed by atoms with E-state index in [9.17, 15) is 4.79 Å². The average molecular weight is 246 g/mol. The van der Waals surface area contributed by atoms with Crippen LogP contribution in [-0.4, -0.2) is 18.5 Å². The number of ketones is 1. The van der Waals surface area contributed by atoms with Crippen molar-refractivity contribution in [1.29, 1.82) is 0 Å². The molecule has 2 nitrogen and oxygen atoms in total. The molecule has 1 saturated carbocycles. The predicted molar refractivity (Wildman–Crippen MR) is 72.8 cm³/mol. The van der Waals surface area contributed by atoms with Crippen LogP contribution in [0, 0.1) is 0 Å². The summed E-state index contributed by atoms with van der Waals surface area (Å²) >= 11 is 0. The molecular weight excluding hydrogens is 224 g/mol. The van der Waals surface area contributed by atoms with Crippen molar-refractivity contribution in [2.24, 2.45) is 0 Å². The average Bonchev–Trinajstić information content (AvgIpc) is 2.29. The van der Waals surface area contributed by atoms with Crippen LogP contribution in [0.3, 0.4) is 0 Å². The van der Waals surface area contributed by atoms with E-state index in [1.54, 1.807) is 7.11 Å². The van der Waals surface area contributed by atoms with Crippen molar-refractivity contribution in [3.05, 3.63) is 35.4 Å². The molecule has 0 radical (unpaired) electrons. The monoisotopic (exact) mass is 246 g/mol. The Morgan fingerprint density at radius 1 is 1.28 bits per heavy atom. The van der Waals surface area contributed by atoms with Crippen LogP contribution < -0.4 is 0 Å². The maximum Gasteiger partial charge on any atom is 0.168 e. The highest BCUT2D eigenvalue weighted by atomic mass is 16.5. The number of methoxy groups -OCH3 is 1. The van der Waals surface area contributed by atoms with Gasteiger partial charge in [0.15, 0.2) is 5.78 Å². The van der Waals surface area contributed by atoms with Gasteiger partial charge < -0.3 is 4.74 Å². The molecule has 2 rings (SSSR count). The summed E-state index contributed by atoms with van der Waals surface area (Å²) in [6.45, 7) is 4.35. The van der Waals surface area contributed by atoms with Crippen molar-refractivity contribution in [1.82, 2.24) is 0 Å². The molecule has 0 bridgehead atoms. The molecule has 0 unspecified atom stereocenters. The first-order valence-corrected chi connectivity index (χ1v) is 6.75. The third-order valence-electron chi connectivity index (χ3n) is 4.07. The van der Waals surface area contributed by atoms with Crippen molar-refractivity contribution >= 4 is 5.78 Å². The van der Waals surface area contributed by atoms with Crippen LogP contribution in [0.1, 0.15) is 50.2 Å². The highest BCUT2D eigenvalue weighted by Crippen LogP contribution is 2.36. The number of hydrogen-bond acceptors (Lipinski definition) is 2. The number of hydrogen-bond donors (Lipinski definition) is 0. The van der Waals surface area contributed by atoms with E-state index in [1.165, 1.54) is 5.56 Å². The third-order valence-corrected chi connectivity index (χ3v) is 4.07. The lowest BCUT2D eigenvalue weighted by atomic mass is 9.75. The first-order valence-electron chi connectivity index (χ1n) is 6.75. The van der Waals surface area contributed by atoms with E-state index in [2.05, 4.69) is 38.1 Å². The Morgan fingerprint density at radius 3 is 2.28 bits per heavy atom. The summed E-state index contributed by atoms with van der Waals surface area (Å²) in [4.78, 5) is 12.2. The second-order valence-electron chi connectivity index (χ2n) is 5.55. The van der Waals surface area contributed by atoms with Gasteiger partial charge in [0.25, 0.3) is 0 Å². The fourth-order valence-corrected chi connectivity index (χ4v) is 2.46. The third kappa shape index (κ3) is 2.49. The summed E-state index contributed by atoms with van der Waals surface area (Å²) in [5, 5.41) is 0. The van der Waals surface area contributed by atoms with Crippen molar-refractivity contribution in [2.75, 3.05) is 7.11 Å². The summed E-state index contributed by atoms with van der Waals surface area (Å²) in [7, 11) is 1.65. The zero-order chi connectivity index (χ0) is 13.2. The smallest absolute Gasteiger partial charge is 0.168 e. The van der Waals surface area contributed by atoms with Crippen molar-refractivity contribution in [3.63, 3.8) is 0 Å². The number of ether oxygens (including phenoxy) is 1. The minimum absolute atomic E-state index is 0.230. The van der Waals surface area contributed by atoms with Crippen molar-refractivity contribution in [3.8, 4) is 0 Å². The van der Waals surface area contributed by atoms with E-state index in [-0.39, 0.29) is 5.78 Å². The van der Waals surface area contributed by atoms with Gasteiger partial charge in [0, 0.05) is 13.5 Å². The normalized spacial score (nSPS) is 17.6. The lowest BCUT2D eigenvalue weighted by Crippen LogP contribution is -2.47. The van der Waals surface area contributed by atoms with E-state index in [0.29, 0.717) is 12.3 Å². The van der Waals surface area contributed by atoms with E-state index in [1.807, 2.05) is 0 Å². The van der Waals surface area contributed by atoms with E-state index >= 15 is 0 Å². The largest absolute Gasteiger partial charge is 0.370 e. The molecule has 18 heavy (non-hydrogen) atoms. The van der Waals surface area contributed by atoms with Gasteiger partial charge in [-0.2, -0.15) is 0 Å². The van der Waals surface area contributed by atoms with Crippen LogP contribution in [0.5, 0.6) is 0 Å². The zero-order valence-corrected chi connectivity index (χ0v) is 11.5. The van der Waals surface area contributed by atoms with Crippen LogP contribution in [-0.2, 0) is 16.0 Å². The molecule has 1 aliphatic rings. The van der Waals surface area contributed by atoms with Crippen LogP contribution in [0.4, 0.5) is 0 Å². The fraction of sp³-hybridized carbons (Fsp3) is 0.562. The van der Waals surface area contributed by atoms with Gasteiger partial charge in [0.05, 0.1) is 0 Å². The summed E-state index contributed by atoms with van der Waals surface area (Å²) in [6, 6.07) is 8.37. The van der Waals surface area contributed by atoms with Crippen molar-refractivity contribution in [2.45, 2.75) is 51.0 Å². The Kier molecular flexibility index (Phi) is 3.86. The number of carbonyl (C=O) groups excluding carboxylic acids is 1. The van der Waals surface area contributed by atoms with Gasteiger partial charge in [-0.05, 0) is 36.3 Å². The highest BCUT2D eigenvalue weighted by molar-refractivity contribution is 5.90. The summed E-state index contributed by atoms with van der Waals surface area (Å²) < 4.78 is 5.42. The Morgan fingerprint density at radius 2 is 1.89 bits per heavy atom. The fourth-order valence-electron chi connectivity index (χ4n) is 2.46. The molecule has 0 atom stereocenters. The molecule has 0 saturated heterocycles. The molecule has 0 amide bonds. The molecule has 1 fully saturated rings. The van der Waals surface area contributed by atoms with E-state index < -0.39 is 5.60 Å². The minimum Gasteiger partial charge on any atom is -0.370 e. The molecular formula is C16H22O2.